The molecule has 0 saturated carbocycles. The van der Waals surface area contributed by atoms with E-state index < -0.39 is 0 Å². The second-order valence-corrected chi connectivity index (χ2v) is 3.89. The Hall–Kier alpha value is -1.43. The molecule has 0 spiro atoms. The van der Waals surface area contributed by atoms with Crippen LogP contribution in [0.2, 0.25) is 0 Å². The molecule has 1 heterocycles. The van der Waals surface area contributed by atoms with Gasteiger partial charge in [-0.05, 0) is 0 Å². The molecule has 1 amide bonds. The zero-order chi connectivity index (χ0) is 11.8. The van der Waals surface area contributed by atoms with Gasteiger partial charge < -0.3 is 10.6 Å². The van der Waals surface area contributed by atoms with Gasteiger partial charge in [0.25, 0.3) is 0 Å². The summed E-state index contributed by atoms with van der Waals surface area (Å²) in [5.74, 6) is 0.855. The fourth-order valence-electron chi connectivity index (χ4n) is 1.23. The van der Waals surface area contributed by atoms with E-state index in [0.29, 0.717) is 32.0 Å². The molecule has 0 fully saturated rings. The van der Waals surface area contributed by atoms with E-state index in [1.54, 1.807) is 0 Å². The molecule has 1 aromatic rings. The molecule has 6 nitrogen and oxygen atoms in total. The molecule has 6 heteroatoms. The Labute approximate surface area is 95.2 Å². The Bertz CT molecular complexity index is 296. The van der Waals surface area contributed by atoms with E-state index >= 15 is 0 Å². The lowest BCUT2D eigenvalue weighted by molar-refractivity contribution is -0.120. The molecule has 0 saturated heterocycles. The van der Waals surface area contributed by atoms with E-state index in [1.807, 2.05) is 0 Å². The van der Waals surface area contributed by atoms with Gasteiger partial charge in [0.05, 0.1) is 0 Å². The zero-order valence-corrected chi connectivity index (χ0v) is 9.79. The molecule has 0 atom stereocenters. The summed E-state index contributed by atoms with van der Waals surface area (Å²) in [4.78, 5) is 15.3. The molecule has 0 aliphatic carbocycles. The molecule has 90 valence electrons. The van der Waals surface area contributed by atoms with Crippen LogP contribution >= 0.6 is 0 Å². The predicted octanol–water partition coefficient (Wildman–Crippen LogP) is -0.148. The van der Waals surface area contributed by atoms with Crippen LogP contribution in [-0.2, 0) is 11.2 Å². The third-order valence-corrected chi connectivity index (χ3v) is 2.05. The lowest BCUT2D eigenvalue weighted by atomic mass is 10.3. The van der Waals surface area contributed by atoms with Gasteiger partial charge in [0.15, 0.2) is 0 Å². The van der Waals surface area contributed by atoms with Gasteiger partial charge in [0, 0.05) is 32.0 Å². The lowest BCUT2D eigenvalue weighted by Crippen LogP contribution is -2.31. The number of aromatic amines is 1. The van der Waals surface area contributed by atoms with Crippen molar-refractivity contribution in [2.75, 3.05) is 13.1 Å². The second kappa shape index (κ2) is 6.95. The van der Waals surface area contributed by atoms with Crippen molar-refractivity contribution in [2.24, 2.45) is 0 Å². The van der Waals surface area contributed by atoms with Gasteiger partial charge in [0.1, 0.15) is 12.2 Å². The second-order valence-electron chi connectivity index (χ2n) is 3.89. The first-order valence-corrected chi connectivity index (χ1v) is 5.53. The molecule has 0 unspecified atom stereocenters. The third kappa shape index (κ3) is 5.45. The van der Waals surface area contributed by atoms with Crippen molar-refractivity contribution in [3.05, 3.63) is 12.2 Å². The summed E-state index contributed by atoms with van der Waals surface area (Å²) in [6.45, 7) is 5.42. The Kier molecular flexibility index (Phi) is 5.49. The average molecular weight is 225 g/mol. The Morgan fingerprint density at radius 2 is 2.31 bits per heavy atom. The van der Waals surface area contributed by atoms with Crippen molar-refractivity contribution in [3.63, 3.8) is 0 Å². The highest BCUT2D eigenvalue weighted by Gasteiger charge is 2.02. The van der Waals surface area contributed by atoms with Crippen LogP contribution in [0.25, 0.3) is 0 Å². The summed E-state index contributed by atoms with van der Waals surface area (Å²) < 4.78 is 0. The third-order valence-electron chi connectivity index (χ3n) is 2.05. The van der Waals surface area contributed by atoms with Crippen molar-refractivity contribution in [3.8, 4) is 0 Å². The molecule has 3 N–H and O–H groups in total. The number of carbonyl (C=O) groups is 1. The molecule has 0 aliphatic heterocycles. The van der Waals surface area contributed by atoms with Gasteiger partial charge >= 0.3 is 0 Å². The number of rotatable bonds is 7. The van der Waals surface area contributed by atoms with Crippen molar-refractivity contribution in [1.82, 2.24) is 25.8 Å². The molecular formula is C10H19N5O. The minimum absolute atomic E-state index is 0.0627. The van der Waals surface area contributed by atoms with Crippen molar-refractivity contribution in [2.45, 2.75) is 32.7 Å². The van der Waals surface area contributed by atoms with Gasteiger partial charge in [-0.25, -0.2) is 4.98 Å². The standard InChI is InChI=1S/C10H19N5O/c1-8(2)11-6-4-10(16)12-5-3-9-13-7-14-15-9/h7-8,11H,3-6H2,1-2H3,(H,12,16)(H,13,14,15). The Morgan fingerprint density at radius 3 is 2.94 bits per heavy atom. The lowest BCUT2D eigenvalue weighted by Gasteiger charge is -2.07. The fourth-order valence-corrected chi connectivity index (χ4v) is 1.23. The summed E-state index contributed by atoms with van der Waals surface area (Å²) in [5.41, 5.74) is 0. The van der Waals surface area contributed by atoms with E-state index in [1.165, 1.54) is 6.33 Å². The molecule has 0 aliphatic rings. The van der Waals surface area contributed by atoms with Crippen LogP contribution in [0.5, 0.6) is 0 Å². The van der Waals surface area contributed by atoms with Crippen LogP contribution in [0, 0.1) is 0 Å². The highest BCUT2D eigenvalue weighted by atomic mass is 16.1. The molecule has 1 rings (SSSR count). The van der Waals surface area contributed by atoms with Crippen LogP contribution < -0.4 is 10.6 Å². The summed E-state index contributed by atoms with van der Waals surface area (Å²) in [6, 6.07) is 0.419. The van der Waals surface area contributed by atoms with Crippen LogP contribution in [0.1, 0.15) is 26.1 Å². The van der Waals surface area contributed by atoms with Crippen molar-refractivity contribution < 1.29 is 4.79 Å². The number of carbonyl (C=O) groups excluding carboxylic acids is 1. The summed E-state index contributed by atoms with van der Waals surface area (Å²) >= 11 is 0. The Morgan fingerprint density at radius 1 is 1.50 bits per heavy atom. The summed E-state index contributed by atoms with van der Waals surface area (Å²) in [7, 11) is 0. The van der Waals surface area contributed by atoms with E-state index in [0.717, 1.165) is 5.82 Å². The van der Waals surface area contributed by atoms with Crippen molar-refractivity contribution >= 4 is 5.91 Å². The minimum Gasteiger partial charge on any atom is -0.356 e. The van der Waals surface area contributed by atoms with Crippen LogP contribution in [-0.4, -0.2) is 40.2 Å². The van der Waals surface area contributed by atoms with Crippen LogP contribution in [0.15, 0.2) is 6.33 Å². The number of hydrogen-bond acceptors (Lipinski definition) is 4. The summed E-state index contributed by atoms with van der Waals surface area (Å²) in [5, 5.41) is 12.5. The van der Waals surface area contributed by atoms with Crippen LogP contribution in [0.4, 0.5) is 0 Å². The zero-order valence-electron chi connectivity index (χ0n) is 9.79. The number of hydrogen-bond donors (Lipinski definition) is 3. The van der Waals surface area contributed by atoms with E-state index in [-0.39, 0.29) is 5.91 Å². The maximum atomic E-state index is 11.4. The monoisotopic (exact) mass is 225 g/mol. The van der Waals surface area contributed by atoms with E-state index in [2.05, 4.69) is 39.7 Å². The molecule has 0 aromatic carbocycles. The van der Waals surface area contributed by atoms with E-state index in [4.69, 9.17) is 0 Å². The largest absolute Gasteiger partial charge is 0.356 e. The topological polar surface area (TPSA) is 82.7 Å². The number of nitrogens with one attached hydrogen (secondary N) is 3. The highest BCUT2D eigenvalue weighted by molar-refractivity contribution is 5.76. The number of nitrogens with zero attached hydrogens (tertiary/aromatic N) is 2. The maximum Gasteiger partial charge on any atom is 0.221 e. The van der Waals surface area contributed by atoms with Crippen LogP contribution in [0.3, 0.4) is 0 Å². The molecule has 0 bridgehead atoms. The van der Waals surface area contributed by atoms with Gasteiger partial charge in [-0.1, -0.05) is 13.8 Å². The minimum atomic E-state index is 0.0627. The molecule has 0 radical (unpaired) electrons. The molecule has 16 heavy (non-hydrogen) atoms. The first kappa shape index (κ1) is 12.6. The maximum absolute atomic E-state index is 11.4. The number of amides is 1. The number of H-pyrrole nitrogens is 1. The average Bonchev–Trinajstić information content (AvgIpc) is 2.70. The van der Waals surface area contributed by atoms with Gasteiger partial charge in [-0.2, -0.15) is 5.10 Å². The molecule has 1 aromatic heterocycles. The highest BCUT2D eigenvalue weighted by Crippen LogP contribution is 1.86. The van der Waals surface area contributed by atoms with Gasteiger partial charge in [0.2, 0.25) is 5.91 Å². The fraction of sp³-hybridized carbons (Fsp3) is 0.700. The smallest absolute Gasteiger partial charge is 0.221 e. The van der Waals surface area contributed by atoms with E-state index in [9.17, 15) is 4.79 Å². The predicted molar refractivity (Wildman–Crippen MR) is 60.9 cm³/mol. The number of aromatic nitrogens is 3. The van der Waals surface area contributed by atoms with Gasteiger partial charge in [-0.15, -0.1) is 0 Å². The SMILES string of the molecule is CC(C)NCCC(=O)NCCc1ncn[nH]1. The summed E-state index contributed by atoms with van der Waals surface area (Å²) in [6.07, 6.45) is 2.65. The Balaban J connectivity index is 2.02. The quantitative estimate of drug-likeness (QED) is 0.603. The normalized spacial score (nSPS) is 10.7. The van der Waals surface area contributed by atoms with Crippen molar-refractivity contribution in [1.29, 1.82) is 0 Å². The first-order valence-electron chi connectivity index (χ1n) is 5.53. The molecular weight excluding hydrogens is 206 g/mol. The first-order chi connectivity index (χ1) is 7.68. The van der Waals surface area contributed by atoms with Gasteiger partial charge in [-0.3, -0.25) is 9.89 Å².